The van der Waals surface area contributed by atoms with Crippen LogP contribution >= 0.6 is 0 Å². The number of aliphatic carboxylic acids is 1. The Labute approximate surface area is 80.5 Å². The molecule has 0 fully saturated rings. The Kier molecular flexibility index (Phi) is 4.99. The Morgan fingerprint density at radius 1 is 1.46 bits per heavy atom. The van der Waals surface area contributed by atoms with Gasteiger partial charge >= 0.3 is 5.97 Å². The predicted octanol–water partition coefficient (Wildman–Crippen LogP) is 1.88. The van der Waals surface area contributed by atoms with Crippen molar-refractivity contribution in [1.82, 2.24) is 5.32 Å². The van der Waals surface area contributed by atoms with E-state index in [0.717, 1.165) is 13.0 Å². The fourth-order valence-electron chi connectivity index (χ4n) is 1.03. The molecule has 3 nitrogen and oxygen atoms in total. The maximum absolute atomic E-state index is 10.3. The summed E-state index contributed by atoms with van der Waals surface area (Å²) >= 11 is 0. The molecule has 0 rings (SSSR count). The SMILES string of the molecule is CC(CC(=O)O)NCCC(C)(C)C. The molecule has 1 unspecified atom stereocenters. The molecule has 0 saturated carbocycles. The van der Waals surface area contributed by atoms with Gasteiger partial charge in [0.2, 0.25) is 0 Å². The van der Waals surface area contributed by atoms with E-state index in [1.807, 2.05) is 6.92 Å². The van der Waals surface area contributed by atoms with Crippen LogP contribution in [0.1, 0.15) is 40.5 Å². The molecule has 0 aliphatic heterocycles. The molecule has 0 bridgehead atoms. The van der Waals surface area contributed by atoms with E-state index in [-0.39, 0.29) is 12.5 Å². The number of carboxylic acids is 1. The second kappa shape index (κ2) is 5.22. The van der Waals surface area contributed by atoms with Crippen LogP contribution in [0.25, 0.3) is 0 Å². The second-order valence-corrected chi connectivity index (χ2v) is 4.76. The van der Waals surface area contributed by atoms with Gasteiger partial charge in [0, 0.05) is 6.04 Å². The van der Waals surface area contributed by atoms with E-state index in [1.165, 1.54) is 0 Å². The van der Waals surface area contributed by atoms with Gasteiger partial charge in [-0.05, 0) is 25.3 Å². The van der Waals surface area contributed by atoms with Gasteiger partial charge in [0.15, 0.2) is 0 Å². The van der Waals surface area contributed by atoms with E-state index in [1.54, 1.807) is 0 Å². The third kappa shape index (κ3) is 9.34. The monoisotopic (exact) mass is 187 g/mol. The maximum atomic E-state index is 10.3. The molecule has 78 valence electrons. The number of carbonyl (C=O) groups is 1. The minimum atomic E-state index is -0.740. The van der Waals surface area contributed by atoms with Crippen molar-refractivity contribution in [2.45, 2.75) is 46.6 Å². The number of hydrogen-bond acceptors (Lipinski definition) is 2. The van der Waals surface area contributed by atoms with Crippen LogP contribution in [0, 0.1) is 5.41 Å². The summed E-state index contributed by atoms with van der Waals surface area (Å²) in [7, 11) is 0. The lowest BCUT2D eigenvalue weighted by Crippen LogP contribution is -2.31. The molecule has 13 heavy (non-hydrogen) atoms. The van der Waals surface area contributed by atoms with Crippen LogP contribution in [0.2, 0.25) is 0 Å². The first kappa shape index (κ1) is 12.4. The van der Waals surface area contributed by atoms with Crippen LogP contribution in [-0.4, -0.2) is 23.7 Å². The summed E-state index contributed by atoms with van der Waals surface area (Å²) in [6.07, 6.45) is 1.26. The highest BCUT2D eigenvalue weighted by Gasteiger charge is 2.11. The van der Waals surface area contributed by atoms with Gasteiger partial charge in [0.1, 0.15) is 0 Å². The van der Waals surface area contributed by atoms with Gasteiger partial charge in [-0.25, -0.2) is 0 Å². The highest BCUT2D eigenvalue weighted by Crippen LogP contribution is 2.17. The van der Waals surface area contributed by atoms with Crippen LogP contribution in [0.5, 0.6) is 0 Å². The zero-order valence-electron chi connectivity index (χ0n) is 9.05. The summed E-state index contributed by atoms with van der Waals surface area (Å²) in [5, 5.41) is 11.7. The normalized spacial score (nSPS) is 14.2. The zero-order chi connectivity index (χ0) is 10.5. The maximum Gasteiger partial charge on any atom is 0.304 e. The van der Waals surface area contributed by atoms with Crippen LogP contribution < -0.4 is 5.32 Å². The first-order valence-corrected chi connectivity index (χ1v) is 4.76. The fraction of sp³-hybridized carbons (Fsp3) is 0.900. The Morgan fingerprint density at radius 2 is 2.00 bits per heavy atom. The van der Waals surface area contributed by atoms with Crippen LogP contribution in [0.15, 0.2) is 0 Å². The van der Waals surface area contributed by atoms with Crippen molar-refractivity contribution in [1.29, 1.82) is 0 Å². The van der Waals surface area contributed by atoms with E-state index in [4.69, 9.17) is 5.11 Å². The Morgan fingerprint density at radius 3 is 2.38 bits per heavy atom. The minimum absolute atomic E-state index is 0.0693. The van der Waals surface area contributed by atoms with Crippen molar-refractivity contribution in [2.75, 3.05) is 6.54 Å². The molecule has 2 N–H and O–H groups in total. The molecule has 3 heteroatoms. The van der Waals surface area contributed by atoms with Gasteiger partial charge < -0.3 is 10.4 Å². The first-order chi connectivity index (χ1) is 5.81. The number of carboxylic acid groups (broad SMARTS) is 1. The van der Waals surface area contributed by atoms with Crippen molar-refractivity contribution in [3.05, 3.63) is 0 Å². The fourth-order valence-corrected chi connectivity index (χ4v) is 1.03. The summed E-state index contributed by atoms with van der Waals surface area (Å²) in [6, 6.07) is 0.0693. The Hall–Kier alpha value is -0.570. The van der Waals surface area contributed by atoms with Crippen LogP contribution in [0.3, 0.4) is 0 Å². The average molecular weight is 187 g/mol. The van der Waals surface area contributed by atoms with E-state index in [9.17, 15) is 4.79 Å². The van der Waals surface area contributed by atoms with Gasteiger partial charge in [-0.3, -0.25) is 4.79 Å². The lowest BCUT2D eigenvalue weighted by Gasteiger charge is -2.19. The quantitative estimate of drug-likeness (QED) is 0.691. The molecule has 0 heterocycles. The van der Waals surface area contributed by atoms with Crippen molar-refractivity contribution < 1.29 is 9.90 Å². The van der Waals surface area contributed by atoms with Gasteiger partial charge in [0.25, 0.3) is 0 Å². The smallest absolute Gasteiger partial charge is 0.304 e. The first-order valence-electron chi connectivity index (χ1n) is 4.76. The molecule has 0 radical (unpaired) electrons. The van der Waals surface area contributed by atoms with Crippen molar-refractivity contribution in [3.63, 3.8) is 0 Å². The van der Waals surface area contributed by atoms with Gasteiger partial charge in [-0.1, -0.05) is 20.8 Å². The summed E-state index contributed by atoms with van der Waals surface area (Å²) in [5.41, 5.74) is 0.315. The Bertz CT molecular complexity index is 161. The summed E-state index contributed by atoms with van der Waals surface area (Å²) in [4.78, 5) is 10.3. The van der Waals surface area contributed by atoms with Gasteiger partial charge in [-0.2, -0.15) is 0 Å². The van der Waals surface area contributed by atoms with E-state index in [0.29, 0.717) is 5.41 Å². The molecule has 0 spiro atoms. The van der Waals surface area contributed by atoms with E-state index in [2.05, 4.69) is 26.1 Å². The van der Waals surface area contributed by atoms with Gasteiger partial charge in [0.05, 0.1) is 6.42 Å². The molecule has 0 aliphatic carbocycles. The van der Waals surface area contributed by atoms with E-state index < -0.39 is 5.97 Å². The average Bonchev–Trinajstić information content (AvgIpc) is 1.81. The number of rotatable bonds is 5. The van der Waals surface area contributed by atoms with Crippen molar-refractivity contribution >= 4 is 5.97 Å². The molecule has 0 aromatic carbocycles. The highest BCUT2D eigenvalue weighted by atomic mass is 16.4. The molecule has 0 amide bonds. The third-order valence-electron chi connectivity index (χ3n) is 1.85. The topological polar surface area (TPSA) is 49.3 Å². The molecule has 0 aromatic rings. The second-order valence-electron chi connectivity index (χ2n) is 4.76. The van der Waals surface area contributed by atoms with Gasteiger partial charge in [-0.15, -0.1) is 0 Å². The lowest BCUT2D eigenvalue weighted by atomic mass is 9.92. The van der Waals surface area contributed by atoms with Crippen molar-refractivity contribution in [2.24, 2.45) is 5.41 Å². The standard InChI is InChI=1S/C10H21NO2/c1-8(7-9(12)13)11-6-5-10(2,3)4/h8,11H,5-7H2,1-4H3,(H,12,13). The Balaban J connectivity index is 3.48. The van der Waals surface area contributed by atoms with Crippen LogP contribution in [-0.2, 0) is 4.79 Å². The number of hydrogen-bond donors (Lipinski definition) is 2. The molecule has 0 aliphatic rings. The molecule has 0 saturated heterocycles. The lowest BCUT2D eigenvalue weighted by molar-refractivity contribution is -0.137. The summed E-state index contributed by atoms with van der Waals surface area (Å²) < 4.78 is 0. The predicted molar refractivity (Wildman–Crippen MR) is 53.8 cm³/mol. The summed E-state index contributed by atoms with van der Waals surface area (Å²) in [5.74, 6) is -0.740. The van der Waals surface area contributed by atoms with Crippen molar-refractivity contribution in [3.8, 4) is 0 Å². The largest absolute Gasteiger partial charge is 0.481 e. The molecule has 0 aromatic heterocycles. The molecular weight excluding hydrogens is 166 g/mol. The minimum Gasteiger partial charge on any atom is -0.481 e. The highest BCUT2D eigenvalue weighted by molar-refractivity contribution is 5.67. The molecular formula is C10H21NO2. The summed E-state index contributed by atoms with van der Waals surface area (Å²) in [6.45, 7) is 9.32. The third-order valence-corrected chi connectivity index (χ3v) is 1.85. The van der Waals surface area contributed by atoms with Crippen LogP contribution in [0.4, 0.5) is 0 Å². The number of nitrogens with one attached hydrogen (secondary N) is 1. The molecule has 1 atom stereocenters. The zero-order valence-corrected chi connectivity index (χ0v) is 9.05. The van der Waals surface area contributed by atoms with E-state index >= 15 is 0 Å².